The first-order valence-electron chi connectivity index (χ1n) is 7.88. The minimum atomic E-state index is -0.592. The molecule has 0 spiro atoms. The van der Waals surface area contributed by atoms with Crippen molar-refractivity contribution in [1.29, 1.82) is 0 Å². The van der Waals surface area contributed by atoms with E-state index < -0.39 is 11.9 Å². The Morgan fingerprint density at radius 1 is 1.17 bits per heavy atom. The fourth-order valence-corrected chi connectivity index (χ4v) is 4.25. The summed E-state index contributed by atoms with van der Waals surface area (Å²) < 4.78 is 28.0. The van der Waals surface area contributed by atoms with Crippen molar-refractivity contribution in [1.82, 2.24) is 0 Å². The maximum Gasteiger partial charge on any atom is 0.347 e. The number of hydrogen-bond acceptors (Lipinski definition) is 7. The number of rotatable bonds is 1. The van der Waals surface area contributed by atoms with E-state index in [-0.39, 0.29) is 29.7 Å². The maximum atomic E-state index is 12.4. The van der Waals surface area contributed by atoms with Gasteiger partial charge < -0.3 is 23.4 Å². The molecule has 4 aliphatic rings. The van der Waals surface area contributed by atoms with Crippen LogP contribution in [0.1, 0.15) is 33.8 Å². The Balaban J connectivity index is 1.74. The lowest BCUT2D eigenvalue weighted by molar-refractivity contribution is -0.109. The molecule has 1 unspecified atom stereocenters. The smallest absolute Gasteiger partial charge is 0.347 e. The second-order valence-electron chi connectivity index (χ2n) is 6.48. The van der Waals surface area contributed by atoms with Crippen LogP contribution < -0.4 is 15.1 Å². The summed E-state index contributed by atoms with van der Waals surface area (Å²) in [5.41, 5.74) is 1.47. The predicted molar refractivity (Wildman–Crippen MR) is 78.6 cm³/mol. The molecular formula is C17H12O7. The van der Waals surface area contributed by atoms with E-state index in [0.717, 1.165) is 5.56 Å². The van der Waals surface area contributed by atoms with E-state index in [1.807, 2.05) is 0 Å². The van der Waals surface area contributed by atoms with E-state index in [4.69, 9.17) is 23.4 Å². The third-order valence-corrected chi connectivity index (χ3v) is 5.32. The first-order chi connectivity index (χ1) is 11.7. The van der Waals surface area contributed by atoms with Gasteiger partial charge in [-0.05, 0) is 12.0 Å². The summed E-state index contributed by atoms with van der Waals surface area (Å²) in [4.78, 5) is 24.4. The topological polar surface area (TPSA) is 87.5 Å². The molecule has 24 heavy (non-hydrogen) atoms. The van der Waals surface area contributed by atoms with Gasteiger partial charge in [0, 0.05) is 12.5 Å². The Morgan fingerprint density at radius 3 is 2.88 bits per heavy atom. The van der Waals surface area contributed by atoms with Crippen molar-refractivity contribution in [2.45, 2.75) is 37.4 Å². The number of ketones is 1. The van der Waals surface area contributed by atoms with Crippen LogP contribution in [0.15, 0.2) is 15.3 Å². The van der Waals surface area contributed by atoms with Crippen molar-refractivity contribution < 1.29 is 28.2 Å². The number of fused-ring (bicyclic) bond motifs is 9. The van der Waals surface area contributed by atoms with Gasteiger partial charge in [-0.15, -0.1) is 0 Å². The van der Waals surface area contributed by atoms with Crippen LogP contribution in [0.2, 0.25) is 0 Å². The summed E-state index contributed by atoms with van der Waals surface area (Å²) in [7, 11) is 1.54. The molecule has 0 radical (unpaired) electrons. The molecule has 7 heteroatoms. The molecule has 3 aliphatic heterocycles. The van der Waals surface area contributed by atoms with Gasteiger partial charge in [0.2, 0.25) is 6.29 Å². The molecule has 1 aliphatic carbocycles. The minimum Gasteiger partial charge on any atom is -0.496 e. The first-order valence-corrected chi connectivity index (χ1v) is 7.88. The second-order valence-corrected chi connectivity index (χ2v) is 6.48. The van der Waals surface area contributed by atoms with Crippen LogP contribution in [0, 0.1) is 0 Å². The van der Waals surface area contributed by atoms with Gasteiger partial charge >= 0.3 is 5.63 Å². The Labute approximate surface area is 135 Å². The average molecular weight is 328 g/mol. The number of benzene rings is 1. The number of ether oxygens (including phenoxy) is 4. The Morgan fingerprint density at radius 2 is 2.04 bits per heavy atom. The summed E-state index contributed by atoms with van der Waals surface area (Å²) in [6, 6.07) is 1.78. The number of methoxy groups -OCH3 is 1. The van der Waals surface area contributed by atoms with Gasteiger partial charge in [-0.3, -0.25) is 4.79 Å². The van der Waals surface area contributed by atoms with E-state index in [9.17, 15) is 9.59 Å². The maximum absolute atomic E-state index is 12.4. The van der Waals surface area contributed by atoms with E-state index in [1.54, 1.807) is 13.2 Å². The van der Waals surface area contributed by atoms with Gasteiger partial charge in [0.15, 0.2) is 12.1 Å². The van der Waals surface area contributed by atoms with Crippen molar-refractivity contribution in [3.05, 3.63) is 33.2 Å². The second kappa shape index (κ2) is 3.99. The monoisotopic (exact) mass is 328 g/mol. The van der Waals surface area contributed by atoms with Crippen molar-refractivity contribution in [3.63, 3.8) is 0 Å². The number of Topliss-reactive ketones (excluding diaryl/α,β-unsaturated/α-hetero) is 1. The fourth-order valence-electron chi connectivity index (χ4n) is 4.25. The Kier molecular flexibility index (Phi) is 2.15. The summed E-state index contributed by atoms with van der Waals surface area (Å²) in [5, 5.41) is 0.685. The lowest BCUT2D eigenvalue weighted by Crippen LogP contribution is -2.19. The number of hydrogen-bond donors (Lipinski definition) is 0. The van der Waals surface area contributed by atoms with Crippen molar-refractivity contribution in [2.75, 3.05) is 7.11 Å². The van der Waals surface area contributed by atoms with Crippen LogP contribution >= 0.6 is 0 Å². The van der Waals surface area contributed by atoms with Crippen LogP contribution in [0.5, 0.6) is 11.5 Å². The lowest BCUT2D eigenvalue weighted by atomic mass is 9.93. The van der Waals surface area contributed by atoms with E-state index in [2.05, 4.69) is 0 Å². The van der Waals surface area contributed by atoms with Crippen LogP contribution in [-0.2, 0) is 15.9 Å². The molecule has 2 saturated heterocycles. The summed E-state index contributed by atoms with van der Waals surface area (Å²) in [6.45, 7) is 0. The highest BCUT2D eigenvalue weighted by Crippen LogP contribution is 2.57. The highest BCUT2D eigenvalue weighted by atomic mass is 16.8. The van der Waals surface area contributed by atoms with E-state index in [1.165, 1.54) is 0 Å². The minimum absolute atomic E-state index is 0.0759. The SMILES string of the molecule is COc1cc2c(c3oc(=O)c4c(c13)CCC4=O)[C@H]1[C@@H](O2)OC2O[C@@H]21. The zero-order valence-corrected chi connectivity index (χ0v) is 12.7. The normalized spacial score (nSPS) is 31.5. The van der Waals surface area contributed by atoms with Crippen molar-refractivity contribution in [2.24, 2.45) is 0 Å². The molecule has 1 aromatic heterocycles. The third kappa shape index (κ3) is 1.36. The van der Waals surface area contributed by atoms with Crippen LogP contribution in [0.3, 0.4) is 0 Å². The molecule has 122 valence electrons. The van der Waals surface area contributed by atoms with Crippen LogP contribution in [0.25, 0.3) is 11.0 Å². The number of aryl methyl sites for hydroxylation is 1. The zero-order valence-electron chi connectivity index (χ0n) is 12.7. The predicted octanol–water partition coefficient (Wildman–Crippen LogP) is 1.49. The lowest BCUT2D eigenvalue weighted by Gasteiger charge is -2.13. The fraction of sp³-hybridized carbons (Fsp3) is 0.412. The van der Waals surface area contributed by atoms with Gasteiger partial charge in [0.1, 0.15) is 28.7 Å². The van der Waals surface area contributed by atoms with Crippen LogP contribution in [-0.4, -0.2) is 31.6 Å². The Hall–Kier alpha value is -2.38. The largest absolute Gasteiger partial charge is 0.496 e. The number of carbonyl (C=O) groups is 1. The van der Waals surface area contributed by atoms with Gasteiger partial charge in [0.05, 0.1) is 24.0 Å². The molecule has 4 atom stereocenters. The molecule has 0 saturated carbocycles. The highest BCUT2D eigenvalue weighted by Gasteiger charge is 2.63. The van der Waals surface area contributed by atoms with Gasteiger partial charge in [0.25, 0.3) is 0 Å². The standard InChI is InChI=1S/C17H12O7/c1-20-7-4-8-11(12-14-17(23-14)24-16(12)21-8)13-10(7)5-2-3-6(18)9(5)15(19)22-13/h4,12,14,16-17H,2-3H2,1H3/t12-,14-,16+,17?/m1/s1. The molecule has 2 aromatic rings. The average Bonchev–Trinajstić information content (AvgIpc) is 2.91. The third-order valence-electron chi connectivity index (χ3n) is 5.32. The molecular weight excluding hydrogens is 316 g/mol. The molecule has 6 rings (SSSR count). The molecule has 7 nitrogen and oxygen atoms in total. The summed E-state index contributed by atoms with van der Waals surface area (Å²) >= 11 is 0. The van der Waals surface area contributed by atoms with Crippen molar-refractivity contribution >= 4 is 16.8 Å². The molecule has 1 aromatic carbocycles. The van der Waals surface area contributed by atoms with E-state index in [0.29, 0.717) is 40.9 Å². The molecule has 4 heterocycles. The van der Waals surface area contributed by atoms with E-state index >= 15 is 0 Å². The quantitative estimate of drug-likeness (QED) is 0.579. The van der Waals surface area contributed by atoms with Gasteiger partial charge in [-0.2, -0.15) is 0 Å². The van der Waals surface area contributed by atoms with Crippen LogP contribution in [0.4, 0.5) is 0 Å². The Bertz CT molecular complexity index is 1000. The number of epoxide rings is 1. The van der Waals surface area contributed by atoms with Gasteiger partial charge in [-0.1, -0.05) is 0 Å². The summed E-state index contributed by atoms with van der Waals surface area (Å²) in [6.07, 6.45) is 0.0820. The molecule has 2 fully saturated rings. The van der Waals surface area contributed by atoms with Crippen molar-refractivity contribution in [3.8, 4) is 11.5 Å². The molecule has 0 bridgehead atoms. The summed E-state index contributed by atoms with van der Waals surface area (Å²) in [5.74, 6) is 0.811. The molecule has 0 N–H and O–H groups in total. The molecule has 0 amide bonds. The first kappa shape index (κ1) is 13.0. The highest BCUT2D eigenvalue weighted by molar-refractivity contribution is 6.06. The zero-order chi connectivity index (χ0) is 16.2. The van der Waals surface area contributed by atoms with Gasteiger partial charge in [-0.25, -0.2) is 4.79 Å². The number of carbonyl (C=O) groups excluding carboxylic acids is 1.